The molecule has 0 aliphatic heterocycles. The Bertz CT molecular complexity index is 612. The Kier molecular flexibility index (Phi) is 6.50. The van der Waals surface area contributed by atoms with Crippen LogP contribution >= 0.6 is 0 Å². The number of carbonyl (C=O) groups excluding carboxylic acids is 1. The summed E-state index contributed by atoms with van der Waals surface area (Å²) in [4.78, 5) is 31.6. The van der Waals surface area contributed by atoms with Gasteiger partial charge in [0.1, 0.15) is 0 Å². The molecular formula is C14H14N2O6. The Morgan fingerprint density at radius 3 is 2.23 bits per heavy atom. The zero-order valence-electron chi connectivity index (χ0n) is 11.9. The zero-order chi connectivity index (χ0) is 16.5. The molecule has 0 unspecified atom stereocenters. The summed E-state index contributed by atoms with van der Waals surface area (Å²) in [6.45, 7) is 2.01. The summed E-state index contributed by atoms with van der Waals surface area (Å²) >= 11 is 0. The quantitative estimate of drug-likeness (QED) is 0.262. The van der Waals surface area contributed by atoms with E-state index in [4.69, 9.17) is 4.74 Å². The van der Waals surface area contributed by atoms with Gasteiger partial charge in [-0.05, 0) is 6.42 Å². The van der Waals surface area contributed by atoms with Crippen molar-refractivity contribution in [3.8, 4) is 11.8 Å². The second-order valence-electron chi connectivity index (χ2n) is 4.20. The summed E-state index contributed by atoms with van der Waals surface area (Å²) in [6, 6.07) is 2.69. The van der Waals surface area contributed by atoms with Gasteiger partial charge in [0.05, 0.1) is 28.1 Å². The first-order chi connectivity index (χ1) is 10.5. The molecule has 1 aromatic carbocycles. The van der Waals surface area contributed by atoms with E-state index < -0.39 is 27.2 Å². The minimum atomic E-state index is -0.838. The van der Waals surface area contributed by atoms with Gasteiger partial charge in [-0.3, -0.25) is 20.2 Å². The second kappa shape index (κ2) is 8.36. The molecule has 0 bridgehead atoms. The van der Waals surface area contributed by atoms with Gasteiger partial charge in [-0.2, -0.15) is 0 Å². The van der Waals surface area contributed by atoms with Crippen molar-refractivity contribution in [2.24, 2.45) is 0 Å². The number of carbonyl (C=O) groups is 1. The number of nitro benzene ring substituents is 2. The predicted molar refractivity (Wildman–Crippen MR) is 77.3 cm³/mol. The third-order valence-corrected chi connectivity index (χ3v) is 2.54. The number of esters is 1. The van der Waals surface area contributed by atoms with Crippen molar-refractivity contribution in [2.75, 3.05) is 6.61 Å². The Balaban J connectivity index is 2.75. The Morgan fingerprint density at radius 1 is 1.14 bits per heavy atom. The fraction of sp³-hybridized carbons (Fsp3) is 0.357. The van der Waals surface area contributed by atoms with E-state index in [-0.39, 0.29) is 12.2 Å². The van der Waals surface area contributed by atoms with Gasteiger partial charge >= 0.3 is 5.97 Å². The van der Waals surface area contributed by atoms with E-state index in [0.717, 1.165) is 24.6 Å². The molecule has 116 valence electrons. The van der Waals surface area contributed by atoms with E-state index in [2.05, 4.69) is 11.8 Å². The van der Waals surface area contributed by atoms with Crippen molar-refractivity contribution in [1.29, 1.82) is 0 Å². The summed E-state index contributed by atoms with van der Waals surface area (Å²) in [6.07, 6.45) is 1.84. The fourth-order valence-electron chi connectivity index (χ4n) is 1.55. The van der Waals surface area contributed by atoms with Crippen LogP contribution in [0.3, 0.4) is 0 Å². The summed E-state index contributed by atoms with van der Waals surface area (Å²) in [5.41, 5.74) is -1.29. The molecule has 1 aromatic rings. The molecule has 0 spiro atoms. The molecule has 0 aliphatic carbocycles. The highest BCUT2D eigenvalue weighted by Gasteiger charge is 2.20. The number of non-ortho nitro benzene ring substituents is 2. The van der Waals surface area contributed by atoms with Gasteiger partial charge in [0.2, 0.25) is 0 Å². The van der Waals surface area contributed by atoms with Crippen molar-refractivity contribution < 1.29 is 19.4 Å². The normalized spacial score (nSPS) is 9.50. The van der Waals surface area contributed by atoms with Crippen LogP contribution in [0.1, 0.15) is 36.5 Å². The van der Waals surface area contributed by atoms with Crippen LogP contribution in [0.4, 0.5) is 11.4 Å². The van der Waals surface area contributed by atoms with E-state index >= 15 is 0 Å². The summed E-state index contributed by atoms with van der Waals surface area (Å²) in [5, 5.41) is 21.5. The lowest BCUT2D eigenvalue weighted by atomic mass is 10.2. The minimum absolute atomic E-state index is 0.0910. The number of nitro groups is 2. The van der Waals surface area contributed by atoms with Crippen molar-refractivity contribution >= 4 is 17.3 Å². The van der Waals surface area contributed by atoms with Crippen molar-refractivity contribution in [3.05, 3.63) is 44.0 Å². The first-order valence-corrected chi connectivity index (χ1v) is 6.52. The molecule has 8 nitrogen and oxygen atoms in total. The maximum absolute atomic E-state index is 11.8. The molecule has 0 saturated heterocycles. The van der Waals surface area contributed by atoms with Crippen LogP contribution in [0.2, 0.25) is 0 Å². The van der Waals surface area contributed by atoms with Gasteiger partial charge in [0.25, 0.3) is 11.4 Å². The van der Waals surface area contributed by atoms with Gasteiger partial charge < -0.3 is 4.74 Å². The van der Waals surface area contributed by atoms with E-state index in [1.54, 1.807) is 0 Å². The Morgan fingerprint density at radius 2 is 1.73 bits per heavy atom. The standard InChI is InChI=1S/C14H14N2O6/c1-2-3-4-5-6-7-22-14(17)11-8-12(15(18)19)10-13(9-11)16(20)21/h8-10H,2,5-7H2,1H3. The Hall–Kier alpha value is -2.95. The van der Waals surface area contributed by atoms with Crippen molar-refractivity contribution in [2.45, 2.75) is 26.2 Å². The lowest BCUT2D eigenvalue weighted by molar-refractivity contribution is -0.394. The van der Waals surface area contributed by atoms with Crippen LogP contribution in [0.15, 0.2) is 18.2 Å². The van der Waals surface area contributed by atoms with Gasteiger partial charge in [-0.15, -0.1) is 11.8 Å². The monoisotopic (exact) mass is 306 g/mol. The molecule has 0 radical (unpaired) electrons. The molecule has 0 aliphatic rings. The predicted octanol–water partition coefficient (Wildman–Crippen LogP) is 2.85. The average molecular weight is 306 g/mol. The molecule has 8 heteroatoms. The first kappa shape index (κ1) is 17.1. The SMILES string of the molecule is CCC#CCCCOC(=O)c1cc([N+](=O)[O-])cc([N+](=O)[O-])c1. The van der Waals surface area contributed by atoms with E-state index in [9.17, 15) is 25.0 Å². The molecule has 0 amide bonds. The Labute approximate surface area is 126 Å². The smallest absolute Gasteiger partial charge is 0.338 e. The van der Waals surface area contributed by atoms with Crippen LogP contribution < -0.4 is 0 Å². The summed E-state index contributed by atoms with van der Waals surface area (Å²) in [5.74, 6) is 4.91. The second-order valence-corrected chi connectivity index (χ2v) is 4.20. The van der Waals surface area contributed by atoms with E-state index in [1.807, 2.05) is 6.92 Å². The number of benzene rings is 1. The van der Waals surface area contributed by atoms with Gasteiger partial charge in [0, 0.05) is 25.0 Å². The maximum Gasteiger partial charge on any atom is 0.338 e. The summed E-state index contributed by atoms with van der Waals surface area (Å²) in [7, 11) is 0. The van der Waals surface area contributed by atoms with Crippen LogP contribution in [-0.2, 0) is 4.74 Å². The lowest BCUT2D eigenvalue weighted by Gasteiger charge is -2.03. The zero-order valence-corrected chi connectivity index (χ0v) is 11.9. The maximum atomic E-state index is 11.8. The van der Waals surface area contributed by atoms with Crippen LogP contribution in [0, 0.1) is 32.1 Å². The first-order valence-electron chi connectivity index (χ1n) is 6.52. The molecule has 0 fully saturated rings. The molecule has 0 N–H and O–H groups in total. The third kappa shape index (κ3) is 5.20. The molecular weight excluding hydrogens is 292 g/mol. The van der Waals surface area contributed by atoms with E-state index in [1.165, 1.54) is 0 Å². The molecule has 0 aromatic heterocycles. The highest BCUT2D eigenvalue weighted by atomic mass is 16.6. The van der Waals surface area contributed by atoms with Gasteiger partial charge in [0.15, 0.2) is 0 Å². The van der Waals surface area contributed by atoms with E-state index in [0.29, 0.717) is 12.8 Å². The minimum Gasteiger partial charge on any atom is -0.462 e. The van der Waals surface area contributed by atoms with Crippen LogP contribution in [-0.4, -0.2) is 22.4 Å². The van der Waals surface area contributed by atoms with Crippen LogP contribution in [0.5, 0.6) is 0 Å². The largest absolute Gasteiger partial charge is 0.462 e. The molecule has 0 saturated carbocycles. The molecule has 1 rings (SSSR count). The third-order valence-electron chi connectivity index (χ3n) is 2.54. The highest BCUT2D eigenvalue weighted by molar-refractivity contribution is 5.91. The van der Waals surface area contributed by atoms with Crippen molar-refractivity contribution in [1.82, 2.24) is 0 Å². The lowest BCUT2D eigenvalue weighted by Crippen LogP contribution is -2.07. The topological polar surface area (TPSA) is 113 Å². The number of rotatable bonds is 6. The van der Waals surface area contributed by atoms with Gasteiger partial charge in [-0.1, -0.05) is 6.92 Å². The number of hydrogen-bond acceptors (Lipinski definition) is 6. The summed E-state index contributed by atoms with van der Waals surface area (Å²) < 4.78 is 4.93. The van der Waals surface area contributed by atoms with Crippen LogP contribution in [0.25, 0.3) is 0 Å². The molecule has 0 heterocycles. The number of ether oxygens (including phenoxy) is 1. The van der Waals surface area contributed by atoms with Gasteiger partial charge in [-0.25, -0.2) is 4.79 Å². The highest BCUT2D eigenvalue weighted by Crippen LogP contribution is 2.23. The fourth-order valence-corrected chi connectivity index (χ4v) is 1.55. The molecule has 0 atom stereocenters. The van der Waals surface area contributed by atoms with Crippen molar-refractivity contribution in [3.63, 3.8) is 0 Å². The number of nitrogens with zero attached hydrogens (tertiary/aromatic N) is 2. The number of hydrogen-bond donors (Lipinski definition) is 0. The molecule has 22 heavy (non-hydrogen) atoms. The number of unbranched alkanes of at least 4 members (excludes halogenated alkanes) is 1. The average Bonchev–Trinajstić information content (AvgIpc) is 2.49.